The summed E-state index contributed by atoms with van der Waals surface area (Å²) in [5.74, 6) is -0.0355. The van der Waals surface area contributed by atoms with Crippen molar-refractivity contribution in [2.24, 2.45) is 0 Å². The smallest absolute Gasteiger partial charge is 0.254 e. The molecule has 0 aliphatic rings. The molecule has 0 aliphatic carbocycles. The lowest BCUT2D eigenvalue weighted by Gasteiger charge is -2.24. The van der Waals surface area contributed by atoms with Crippen molar-refractivity contribution in [1.29, 1.82) is 0 Å². The summed E-state index contributed by atoms with van der Waals surface area (Å²) in [7, 11) is -3.86. The summed E-state index contributed by atoms with van der Waals surface area (Å²) in [6, 6.07) is 23.7. The number of hydrogen-bond acceptors (Lipinski definition) is 4. The molecule has 0 atom stereocenters. The van der Waals surface area contributed by atoms with E-state index in [0.717, 1.165) is 11.1 Å². The van der Waals surface area contributed by atoms with Gasteiger partial charge in [-0.3, -0.25) is 4.79 Å². The minimum atomic E-state index is -3.86. The number of sulfonamides is 1. The van der Waals surface area contributed by atoms with E-state index >= 15 is 0 Å². The highest BCUT2D eigenvalue weighted by atomic mass is 32.2. The molecule has 1 N–H and O–H groups in total. The maximum absolute atomic E-state index is 13.6. The molecule has 6 nitrogen and oxygen atoms in total. The molecule has 3 aromatic carbocycles. The highest BCUT2D eigenvalue weighted by Crippen LogP contribution is 2.27. The Morgan fingerprint density at radius 1 is 0.909 bits per heavy atom. The quantitative estimate of drug-likeness (QED) is 0.473. The number of carbonyl (C=O) groups excluding carboxylic acids is 1. The van der Waals surface area contributed by atoms with Crippen molar-refractivity contribution in [2.45, 2.75) is 44.8 Å². The normalized spacial score (nSPS) is 11.4. The van der Waals surface area contributed by atoms with Crippen LogP contribution in [0.2, 0.25) is 0 Å². The van der Waals surface area contributed by atoms with Gasteiger partial charge < -0.3 is 9.64 Å². The van der Waals surface area contributed by atoms with Crippen LogP contribution in [0.3, 0.4) is 0 Å². The number of nitrogens with zero attached hydrogens (tertiary/aromatic N) is 1. The third-order valence-corrected chi connectivity index (χ3v) is 6.57. The Balaban J connectivity index is 1.99. The fourth-order valence-corrected chi connectivity index (χ4v) is 4.91. The van der Waals surface area contributed by atoms with Crippen LogP contribution in [-0.4, -0.2) is 31.9 Å². The maximum atomic E-state index is 13.6. The van der Waals surface area contributed by atoms with E-state index in [4.69, 9.17) is 4.74 Å². The van der Waals surface area contributed by atoms with Gasteiger partial charge in [0.1, 0.15) is 10.6 Å². The van der Waals surface area contributed by atoms with Crippen LogP contribution in [0, 0.1) is 0 Å². The first-order chi connectivity index (χ1) is 15.8. The zero-order chi connectivity index (χ0) is 23.8. The van der Waals surface area contributed by atoms with Crippen LogP contribution in [0.4, 0.5) is 0 Å². The van der Waals surface area contributed by atoms with Crippen LogP contribution < -0.4 is 9.46 Å². The largest absolute Gasteiger partial charge is 0.492 e. The van der Waals surface area contributed by atoms with Gasteiger partial charge in [-0.15, -0.1) is 0 Å². The van der Waals surface area contributed by atoms with E-state index in [1.165, 1.54) is 6.07 Å². The highest BCUT2D eigenvalue weighted by Gasteiger charge is 2.25. The molecule has 7 heteroatoms. The summed E-state index contributed by atoms with van der Waals surface area (Å²) in [4.78, 5) is 15.3. The molecular formula is C26H30N2O4S. The van der Waals surface area contributed by atoms with E-state index in [1.807, 2.05) is 60.7 Å². The van der Waals surface area contributed by atoms with Crippen molar-refractivity contribution < 1.29 is 17.9 Å². The van der Waals surface area contributed by atoms with Crippen molar-refractivity contribution >= 4 is 15.9 Å². The Morgan fingerprint density at radius 2 is 1.45 bits per heavy atom. The standard InChI is InChI=1S/C26H30N2O4S/c1-4-32-24-16-15-23(17-25(24)33(30,31)27-20(2)3)26(29)28(18-21-11-7-5-8-12-21)19-22-13-9-6-10-14-22/h5-17,20,27H,4,18-19H2,1-3H3. The number of nitrogens with one attached hydrogen (secondary N) is 1. The lowest BCUT2D eigenvalue weighted by Crippen LogP contribution is -2.32. The molecule has 0 radical (unpaired) electrons. The number of ether oxygens (including phenoxy) is 1. The van der Waals surface area contributed by atoms with Gasteiger partial charge in [-0.1, -0.05) is 60.7 Å². The highest BCUT2D eigenvalue weighted by molar-refractivity contribution is 7.89. The van der Waals surface area contributed by atoms with Crippen molar-refractivity contribution in [3.05, 3.63) is 95.6 Å². The van der Waals surface area contributed by atoms with Crippen LogP contribution in [-0.2, 0) is 23.1 Å². The van der Waals surface area contributed by atoms with Crippen LogP contribution in [0.5, 0.6) is 5.75 Å². The Labute approximate surface area is 196 Å². The summed E-state index contributed by atoms with van der Waals surface area (Å²) < 4.78 is 34.0. The fraction of sp³-hybridized carbons (Fsp3) is 0.269. The van der Waals surface area contributed by atoms with Crippen molar-refractivity contribution in [2.75, 3.05) is 6.61 Å². The molecule has 1 amide bonds. The molecule has 0 fully saturated rings. The second-order valence-corrected chi connectivity index (χ2v) is 9.69. The third-order valence-electron chi connectivity index (χ3n) is 4.89. The second kappa shape index (κ2) is 11.1. The van der Waals surface area contributed by atoms with Gasteiger partial charge in [-0.05, 0) is 50.1 Å². The predicted octanol–water partition coefficient (Wildman–Crippen LogP) is 4.61. The number of benzene rings is 3. The molecule has 0 heterocycles. The molecule has 33 heavy (non-hydrogen) atoms. The summed E-state index contributed by atoms with van der Waals surface area (Å²) in [5.41, 5.74) is 2.26. The molecule has 0 bridgehead atoms. The molecule has 3 rings (SSSR count). The summed E-state index contributed by atoms with van der Waals surface area (Å²) in [5, 5.41) is 0. The molecule has 0 spiro atoms. The average molecular weight is 467 g/mol. The minimum Gasteiger partial charge on any atom is -0.492 e. The van der Waals surface area contributed by atoms with E-state index in [9.17, 15) is 13.2 Å². The topological polar surface area (TPSA) is 75.7 Å². The number of rotatable bonds is 10. The number of carbonyl (C=O) groups is 1. The molecule has 0 unspecified atom stereocenters. The lowest BCUT2D eigenvalue weighted by atomic mass is 10.1. The van der Waals surface area contributed by atoms with Gasteiger partial charge in [0.2, 0.25) is 10.0 Å². The fourth-order valence-electron chi connectivity index (χ4n) is 3.49. The van der Waals surface area contributed by atoms with Gasteiger partial charge >= 0.3 is 0 Å². The Kier molecular flexibility index (Phi) is 8.25. The first kappa shape index (κ1) is 24.5. The SMILES string of the molecule is CCOc1ccc(C(=O)N(Cc2ccccc2)Cc2ccccc2)cc1S(=O)(=O)NC(C)C. The van der Waals surface area contributed by atoms with Gasteiger partial charge in [0, 0.05) is 24.7 Å². The zero-order valence-electron chi connectivity index (χ0n) is 19.2. The van der Waals surface area contributed by atoms with E-state index in [2.05, 4.69) is 4.72 Å². The minimum absolute atomic E-state index is 0.0386. The zero-order valence-corrected chi connectivity index (χ0v) is 20.0. The van der Waals surface area contributed by atoms with Gasteiger partial charge in [-0.2, -0.15) is 0 Å². The first-order valence-electron chi connectivity index (χ1n) is 11.0. The molecule has 0 saturated heterocycles. The summed E-state index contributed by atoms with van der Waals surface area (Å²) in [6.07, 6.45) is 0. The van der Waals surface area contributed by atoms with Gasteiger partial charge in [0.05, 0.1) is 6.61 Å². The molecule has 174 valence electrons. The van der Waals surface area contributed by atoms with Crippen LogP contribution in [0.15, 0.2) is 83.8 Å². The second-order valence-electron chi connectivity index (χ2n) is 8.00. The van der Waals surface area contributed by atoms with E-state index in [-0.39, 0.29) is 28.2 Å². The number of amides is 1. The molecule has 0 saturated carbocycles. The molecular weight excluding hydrogens is 436 g/mol. The van der Waals surface area contributed by atoms with Crippen LogP contribution in [0.1, 0.15) is 42.3 Å². The number of hydrogen-bond donors (Lipinski definition) is 1. The predicted molar refractivity (Wildman–Crippen MR) is 130 cm³/mol. The Bertz CT molecular complexity index is 1120. The monoisotopic (exact) mass is 466 g/mol. The Hall–Kier alpha value is -3.16. The Morgan fingerprint density at radius 3 is 1.94 bits per heavy atom. The third kappa shape index (κ3) is 6.66. The van der Waals surface area contributed by atoms with Gasteiger partial charge in [0.15, 0.2) is 0 Å². The molecule has 0 aliphatic heterocycles. The average Bonchev–Trinajstić information content (AvgIpc) is 2.79. The van der Waals surface area contributed by atoms with Gasteiger partial charge in [0.25, 0.3) is 5.91 Å². The maximum Gasteiger partial charge on any atom is 0.254 e. The van der Waals surface area contributed by atoms with Crippen molar-refractivity contribution in [3.63, 3.8) is 0 Å². The lowest BCUT2D eigenvalue weighted by molar-refractivity contribution is 0.0729. The van der Waals surface area contributed by atoms with Crippen LogP contribution >= 0.6 is 0 Å². The van der Waals surface area contributed by atoms with E-state index in [1.54, 1.807) is 37.8 Å². The summed E-state index contributed by atoms with van der Waals surface area (Å²) >= 11 is 0. The van der Waals surface area contributed by atoms with Crippen molar-refractivity contribution in [1.82, 2.24) is 9.62 Å². The first-order valence-corrected chi connectivity index (χ1v) is 12.4. The van der Waals surface area contributed by atoms with E-state index in [0.29, 0.717) is 19.7 Å². The van der Waals surface area contributed by atoms with E-state index < -0.39 is 10.0 Å². The van der Waals surface area contributed by atoms with Crippen LogP contribution in [0.25, 0.3) is 0 Å². The van der Waals surface area contributed by atoms with Crippen molar-refractivity contribution in [3.8, 4) is 5.75 Å². The molecule has 0 aromatic heterocycles. The van der Waals surface area contributed by atoms with Gasteiger partial charge in [-0.25, -0.2) is 13.1 Å². The summed E-state index contributed by atoms with van der Waals surface area (Å²) in [6.45, 7) is 6.38. The molecule has 3 aromatic rings.